The molecule has 2 N–H and O–H groups in total. The second-order valence-electron chi connectivity index (χ2n) is 5.47. The number of anilines is 2. The molecule has 0 aliphatic carbocycles. The summed E-state index contributed by atoms with van der Waals surface area (Å²) in [7, 11) is -3.38. The highest BCUT2D eigenvalue weighted by molar-refractivity contribution is 7.92. The number of carbonyl (C=O) groups excluding carboxylic acids is 1. The molecule has 1 amide bonds. The largest absolute Gasteiger partial charge is 0.322 e. The molecule has 3 aromatic rings. The number of hydrogen-bond donors (Lipinski definition) is 2. The molecule has 0 saturated heterocycles. The Hall–Kier alpha value is -2.86. The Morgan fingerprint density at radius 3 is 2.33 bits per heavy atom. The van der Waals surface area contributed by atoms with Gasteiger partial charge in [0.2, 0.25) is 10.0 Å². The maximum Gasteiger partial charge on any atom is 0.255 e. The number of hydrogen-bond acceptors (Lipinski definition) is 3. The smallest absolute Gasteiger partial charge is 0.255 e. The molecule has 6 heteroatoms. The van der Waals surface area contributed by atoms with E-state index < -0.39 is 10.0 Å². The van der Waals surface area contributed by atoms with E-state index in [0.717, 1.165) is 17.0 Å². The van der Waals surface area contributed by atoms with Gasteiger partial charge in [0.15, 0.2) is 0 Å². The Bertz CT molecular complexity index is 1010. The van der Waals surface area contributed by atoms with Crippen LogP contribution in [0.3, 0.4) is 0 Å². The van der Waals surface area contributed by atoms with E-state index in [9.17, 15) is 13.2 Å². The number of nitrogens with one attached hydrogen (secondary N) is 2. The summed E-state index contributed by atoms with van der Waals surface area (Å²) in [5, 5.41) is 4.95. The van der Waals surface area contributed by atoms with Gasteiger partial charge in [-0.05, 0) is 41.1 Å². The minimum absolute atomic E-state index is 0.303. The van der Waals surface area contributed by atoms with Gasteiger partial charge in [-0.1, -0.05) is 36.4 Å². The van der Waals surface area contributed by atoms with Crippen molar-refractivity contribution in [3.05, 3.63) is 72.3 Å². The summed E-state index contributed by atoms with van der Waals surface area (Å²) in [6.07, 6.45) is 1.06. The number of carbonyl (C=O) groups is 1. The fourth-order valence-corrected chi connectivity index (χ4v) is 2.96. The summed E-state index contributed by atoms with van der Waals surface area (Å²) in [5.41, 5.74) is 1.40. The van der Waals surface area contributed by atoms with Gasteiger partial charge in [0.1, 0.15) is 0 Å². The van der Waals surface area contributed by atoms with E-state index in [0.29, 0.717) is 16.9 Å². The molecule has 122 valence electrons. The Labute approximate surface area is 140 Å². The highest BCUT2D eigenvalue weighted by atomic mass is 32.2. The molecule has 3 rings (SSSR count). The molecule has 0 aromatic heterocycles. The highest BCUT2D eigenvalue weighted by Gasteiger charge is 2.09. The summed E-state index contributed by atoms with van der Waals surface area (Å²) in [5.74, 6) is -0.303. The van der Waals surface area contributed by atoms with E-state index in [4.69, 9.17) is 0 Å². The zero-order valence-corrected chi connectivity index (χ0v) is 13.8. The number of rotatable bonds is 4. The van der Waals surface area contributed by atoms with Gasteiger partial charge in [-0.15, -0.1) is 0 Å². The van der Waals surface area contributed by atoms with Crippen molar-refractivity contribution in [3.8, 4) is 0 Å². The molecular weight excluding hydrogens is 324 g/mol. The number of amides is 1. The number of fused-ring (bicyclic) bond motifs is 1. The van der Waals surface area contributed by atoms with Gasteiger partial charge in [-0.25, -0.2) is 8.42 Å². The van der Waals surface area contributed by atoms with Crippen molar-refractivity contribution < 1.29 is 13.2 Å². The maximum absolute atomic E-state index is 12.4. The minimum Gasteiger partial charge on any atom is -0.322 e. The molecule has 0 aliphatic heterocycles. The molecule has 0 saturated carbocycles. The van der Waals surface area contributed by atoms with Crippen molar-refractivity contribution in [2.75, 3.05) is 16.3 Å². The second kappa shape index (κ2) is 6.33. The summed E-state index contributed by atoms with van der Waals surface area (Å²) >= 11 is 0. The zero-order chi connectivity index (χ0) is 17.2. The first-order valence-corrected chi connectivity index (χ1v) is 9.18. The van der Waals surface area contributed by atoms with E-state index in [1.165, 1.54) is 6.07 Å². The van der Waals surface area contributed by atoms with Gasteiger partial charge in [0, 0.05) is 16.9 Å². The van der Waals surface area contributed by atoms with E-state index >= 15 is 0 Å². The van der Waals surface area contributed by atoms with Crippen molar-refractivity contribution in [3.63, 3.8) is 0 Å². The van der Waals surface area contributed by atoms with Crippen molar-refractivity contribution in [1.29, 1.82) is 0 Å². The molecule has 3 aromatic carbocycles. The van der Waals surface area contributed by atoms with E-state index in [2.05, 4.69) is 10.0 Å². The van der Waals surface area contributed by atoms with Crippen molar-refractivity contribution >= 4 is 38.1 Å². The summed E-state index contributed by atoms with van der Waals surface area (Å²) in [6, 6.07) is 19.9. The normalized spacial score (nSPS) is 11.2. The first-order chi connectivity index (χ1) is 11.4. The topological polar surface area (TPSA) is 75.3 Å². The number of benzene rings is 3. The van der Waals surface area contributed by atoms with Crippen LogP contribution in [0, 0.1) is 0 Å². The fraction of sp³-hybridized carbons (Fsp3) is 0.0556. The predicted octanol–water partition coefficient (Wildman–Crippen LogP) is 3.46. The monoisotopic (exact) mass is 340 g/mol. The van der Waals surface area contributed by atoms with E-state index in [-0.39, 0.29) is 5.91 Å². The van der Waals surface area contributed by atoms with Gasteiger partial charge in [0.25, 0.3) is 5.91 Å². The summed E-state index contributed by atoms with van der Waals surface area (Å²) in [6.45, 7) is 0. The van der Waals surface area contributed by atoms with Gasteiger partial charge >= 0.3 is 0 Å². The van der Waals surface area contributed by atoms with Gasteiger partial charge < -0.3 is 5.32 Å². The van der Waals surface area contributed by atoms with Crippen LogP contribution in [0.4, 0.5) is 11.4 Å². The van der Waals surface area contributed by atoms with Crippen LogP contribution >= 0.6 is 0 Å². The molecule has 0 spiro atoms. The van der Waals surface area contributed by atoms with Crippen LogP contribution in [-0.2, 0) is 10.0 Å². The molecular formula is C18H16N2O3S. The third kappa shape index (κ3) is 3.91. The molecule has 0 aliphatic rings. The lowest BCUT2D eigenvalue weighted by atomic mass is 10.1. The Morgan fingerprint density at radius 1 is 0.833 bits per heavy atom. The zero-order valence-electron chi connectivity index (χ0n) is 13.0. The average Bonchev–Trinajstić information content (AvgIpc) is 2.53. The van der Waals surface area contributed by atoms with Crippen LogP contribution in [0.2, 0.25) is 0 Å². The van der Waals surface area contributed by atoms with Crippen LogP contribution in [0.15, 0.2) is 66.7 Å². The second-order valence-corrected chi connectivity index (χ2v) is 7.22. The molecule has 0 radical (unpaired) electrons. The lowest BCUT2D eigenvalue weighted by Gasteiger charge is -2.09. The van der Waals surface area contributed by atoms with Crippen LogP contribution in [0.5, 0.6) is 0 Å². The molecule has 0 fully saturated rings. The Kier molecular flexibility index (Phi) is 4.22. The molecule has 0 atom stereocenters. The summed E-state index contributed by atoms with van der Waals surface area (Å²) in [4.78, 5) is 12.4. The first kappa shape index (κ1) is 16.0. The Morgan fingerprint density at radius 2 is 1.58 bits per heavy atom. The molecule has 0 bridgehead atoms. The predicted molar refractivity (Wildman–Crippen MR) is 96.8 cm³/mol. The highest BCUT2D eigenvalue weighted by Crippen LogP contribution is 2.20. The van der Waals surface area contributed by atoms with Crippen molar-refractivity contribution in [2.45, 2.75) is 0 Å². The average molecular weight is 340 g/mol. The van der Waals surface area contributed by atoms with Crippen molar-refractivity contribution in [1.82, 2.24) is 0 Å². The SMILES string of the molecule is CS(=O)(=O)Nc1cccc(C(=O)Nc2ccc3ccccc3c2)c1. The van der Waals surface area contributed by atoms with Gasteiger partial charge in [0.05, 0.1) is 6.26 Å². The third-order valence-electron chi connectivity index (χ3n) is 3.44. The van der Waals surface area contributed by atoms with Crippen LogP contribution in [0.1, 0.15) is 10.4 Å². The van der Waals surface area contributed by atoms with Gasteiger partial charge in [-0.3, -0.25) is 9.52 Å². The van der Waals surface area contributed by atoms with Gasteiger partial charge in [-0.2, -0.15) is 0 Å². The minimum atomic E-state index is -3.38. The lowest BCUT2D eigenvalue weighted by Crippen LogP contribution is -2.13. The standard InChI is InChI=1S/C18H16N2O3S/c1-24(22,23)20-17-8-4-7-15(12-17)18(21)19-16-10-9-13-5-2-3-6-14(13)11-16/h2-12,20H,1H3,(H,19,21). The quantitative estimate of drug-likeness (QED) is 0.764. The molecule has 0 unspecified atom stereocenters. The van der Waals surface area contributed by atoms with Crippen LogP contribution in [0.25, 0.3) is 10.8 Å². The molecule has 24 heavy (non-hydrogen) atoms. The summed E-state index contributed by atoms with van der Waals surface area (Å²) < 4.78 is 24.9. The van der Waals surface area contributed by atoms with E-state index in [1.54, 1.807) is 18.2 Å². The van der Waals surface area contributed by atoms with Crippen LogP contribution in [-0.4, -0.2) is 20.6 Å². The molecule has 5 nitrogen and oxygen atoms in total. The molecule has 0 heterocycles. The number of sulfonamides is 1. The Balaban J connectivity index is 1.82. The third-order valence-corrected chi connectivity index (χ3v) is 4.04. The lowest BCUT2D eigenvalue weighted by molar-refractivity contribution is 0.102. The van der Waals surface area contributed by atoms with Crippen molar-refractivity contribution in [2.24, 2.45) is 0 Å². The van der Waals surface area contributed by atoms with Crippen LogP contribution < -0.4 is 10.0 Å². The fourth-order valence-electron chi connectivity index (χ4n) is 2.41. The first-order valence-electron chi connectivity index (χ1n) is 7.29. The maximum atomic E-state index is 12.4. The van der Waals surface area contributed by atoms with E-state index in [1.807, 2.05) is 42.5 Å².